The lowest BCUT2D eigenvalue weighted by atomic mass is 10.1. The summed E-state index contributed by atoms with van der Waals surface area (Å²) in [7, 11) is 0. The van der Waals surface area contributed by atoms with Crippen molar-refractivity contribution in [2.24, 2.45) is 0 Å². The Kier molecular flexibility index (Phi) is 5.47. The van der Waals surface area contributed by atoms with Gasteiger partial charge in [0.1, 0.15) is 0 Å². The fraction of sp³-hybridized carbons (Fsp3) is 0.273. The molecular formula is C11H12N2O6S. The van der Waals surface area contributed by atoms with Crippen molar-refractivity contribution in [3.05, 3.63) is 33.9 Å². The van der Waals surface area contributed by atoms with Crippen molar-refractivity contribution in [1.82, 2.24) is 5.32 Å². The molecule has 1 rings (SSSR count). The van der Waals surface area contributed by atoms with E-state index in [0.29, 0.717) is 4.90 Å². The van der Waals surface area contributed by atoms with E-state index in [1.54, 1.807) is 6.26 Å². The number of hydrogen-bond acceptors (Lipinski definition) is 6. The number of carboxylic acids is 1. The highest BCUT2D eigenvalue weighted by Gasteiger charge is 2.22. The molecular weight excluding hydrogens is 288 g/mol. The van der Waals surface area contributed by atoms with Crippen LogP contribution in [0.25, 0.3) is 0 Å². The smallest absolute Gasteiger partial charge is 0.328 e. The summed E-state index contributed by atoms with van der Waals surface area (Å²) in [6.07, 6.45) is 1.66. The third kappa shape index (κ3) is 3.68. The molecule has 0 aliphatic carbocycles. The first-order valence-corrected chi connectivity index (χ1v) is 6.60. The first kappa shape index (κ1) is 15.9. The van der Waals surface area contributed by atoms with Crippen LogP contribution in [0.2, 0.25) is 0 Å². The van der Waals surface area contributed by atoms with E-state index in [-0.39, 0.29) is 11.3 Å². The molecule has 0 radical (unpaired) electrons. The van der Waals surface area contributed by atoms with Crippen molar-refractivity contribution < 1.29 is 24.7 Å². The number of nitrogens with one attached hydrogen (secondary N) is 1. The van der Waals surface area contributed by atoms with Crippen LogP contribution in [0.3, 0.4) is 0 Å². The number of nitrogens with zero attached hydrogens (tertiary/aromatic N) is 1. The van der Waals surface area contributed by atoms with Crippen molar-refractivity contribution in [3.63, 3.8) is 0 Å². The van der Waals surface area contributed by atoms with Gasteiger partial charge in [-0.25, -0.2) is 4.79 Å². The second-order valence-electron chi connectivity index (χ2n) is 3.69. The molecule has 0 aliphatic heterocycles. The van der Waals surface area contributed by atoms with E-state index in [4.69, 9.17) is 10.2 Å². The molecule has 1 amide bonds. The zero-order valence-corrected chi connectivity index (χ0v) is 11.2. The van der Waals surface area contributed by atoms with Crippen molar-refractivity contribution in [2.45, 2.75) is 10.9 Å². The van der Waals surface area contributed by atoms with Gasteiger partial charge in [-0.05, 0) is 18.4 Å². The van der Waals surface area contributed by atoms with Gasteiger partial charge in [0, 0.05) is 11.6 Å². The van der Waals surface area contributed by atoms with E-state index >= 15 is 0 Å². The minimum absolute atomic E-state index is 0.0470. The van der Waals surface area contributed by atoms with Crippen molar-refractivity contribution in [3.8, 4) is 0 Å². The molecule has 0 spiro atoms. The van der Waals surface area contributed by atoms with Crippen LogP contribution in [-0.2, 0) is 4.79 Å². The van der Waals surface area contributed by atoms with E-state index in [9.17, 15) is 19.7 Å². The highest BCUT2D eigenvalue weighted by atomic mass is 32.2. The minimum Gasteiger partial charge on any atom is -0.480 e. The Morgan fingerprint density at radius 1 is 1.50 bits per heavy atom. The molecule has 0 saturated heterocycles. The quantitative estimate of drug-likeness (QED) is 0.396. The predicted molar refractivity (Wildman–Crippen MR) is 70.9 cm³/mol. The molecule has 0 bridgehead atoms. The van der Waals surface area contributed by atoms with Crippen LogP contribution >= 0.6 is 11.8 Å². The molecule has 20 heavy (non-hydrogen) atoms. The number of amides is 1. The number of thioether (sulfide) groups is 1. The number of nitro benzene ring substituents is 1. The third-order valence-corrected chi connectivity index (χ3v) is 3.21. The van der Waals surface area contributed by atoms with Crippen LogP contribution in [0.5, 0.6) is 0 Å². The molecule has 9 heteroatoms. The van der Waals surface area contributed by atoms with Crippen LogP contribution in [0.15, 0.2) is 23.1 Å². The number of carboxylic acid groups (broad SMARTS) is 1. The van der Waals surface area contributed by atoms with Crippen molar-refractivity contribution >= 4 is 29.3 Å². The molecule has 0 aromatic heterocycles. The van der Waals surface area contributed by atoms with E-state index in [2.05, 4.69) is 5.32 Å². The van der Waals surface area contributed by atoms with Gasteiger partial charge in [-0.1, -0.05) is 0 Å². The summed E-state index contributed by atoms with van der Waals surface area (Å²) in [5, 5.41) is 30.5. The van der Waals surface area contributed by atoms with Crippen molar-refractivity contribution in [1.29, 1.82) is 0 Å². The molecule has 1 aromatic rings. The molecule has 1 aromatic carbocycles. The Bertz CT molecular complexity index is 548. The number of nitro groups is 1. The molecule has 1 atom stereocenters. The lowest BCUT2D eigenvalue weighted by molar-refractivity contribution is -0.387. The second kappa shape index (κ2) is 6.87. The fourth-order valence-corrected chi connectivity index (χ4v) is 1.95. The van der Waals surface area contributed by atoms with Gasteiger partial charge in [0.15, 0.2) is 6.04 Å². The fourth-order valence-electron chi connectivity index (χ4n) is 1.40. The van der Waals surface area contributed by atoms with Gasteiger partial charge in [0.05, 0.1) is 16.4 Å². The highest BCUT2D eigenvalue weighted by Crippen LogP contribution is 2.28. The van der Waals surface area contributed by atoms with E-state index in [1.807, 2.05) is 0 Å². The van der Waals surface area contributed by atoms with Crippen LogP contribution in [0.4, 0.5) is 5.69 Å². The molecule has 0 saturated carbocycles. The summed E-state index contributed by atoms with van der Waals surface area (Å²) in [6, 6.07) is 2.37. The Morgan fingerprint density at radius 2 is 2.15 bits per heavy atom. The van der Waals surface area contributed by atoms with E-state index in [1.165, 1.54) is 12.1 Å². The van der Waals surface area contributed by atoms with Crippen molar-refractivity contribution in [2.75, 3.05) is 12.9 Å². The molecule has 108 valence electrons. The van der Waals surface area contributed by atoms with E-state index < -0.39 is 29.4 Å². The standard InChI is InChI=1S/C11H12N2O6S/c1-20-9-3-2-6(4-8(9)13(18)19)10(15)12-7(5-14)11(16)17/h2-4,7,14H,5H2,1H3,(H,12,15)(H,16,17). The number of aliphatic hydroxyl groups is 1. The maximum atomic E-state index is 11.8. The summed E-state index contributed by atoms with van der Waals surface area (Å²) in [6.45, 7) is -0.772. The lowest BCUT2D eigenvalue weighted by Gasteiger charge is -2.11. The number of hydrogen-bond donors (Lipinski definition) is 3. The average molecular weight is 300 g/mol. The first-order chi connectivity index (χ1) is 9.40. The summed E-state index contributed by atoms with van der Waals surface area (Å²) in [5.41, 5.74) is -0.282. The number of aliphatic carboxylic acids is 1. The normalized spacial score (nSPS) is 11.7. The maximum Gasteiger partial charge on any atom is 0.328 e. The Morgan fingerprint density at radius 3 is 2.60 bits per heavy atom. The predicted octanol–water partition coefficient (Wildman–Crippen LogP) is 0.492. The lowest BCUT2D eigenvalue weighted by Crippen LogP contribution is -2.43. The molecule has 3 N–H and O–H groups in total. The zero-order valence-electron chi connectivity index (χ0n) is 10.4. The van der Waals surface area contributed by atoms with Gasteiger partial charge >= 0.3 is 5.97 Å². The van der Waals surface area contributed by atoms with Gasteiger partial charge < -0.3 is 15.5 Å². The number of rotatable bonds is 6. The summed E-state index contributed by atoms with van der Waals surface area (Å²) < 4.78 is 0. The third-order valence-electron chi connectivity index (χ3n) is 2.42. The zero-order chi connectivity index (χ0) is 15.3. The van der Waals surface area contributed by atoms with Crippen LogP contribution in [0, 0.1) is 10.1 Å². The number of carbonyl (C=O) groups excluding carboxylic acids is 1. The van der Waals surface area contributed by atoms with Gasteiger partial charge in [-0.15, -0.1) is 11.8 Å². The summed E-state index contributed by atoms with van der Waals surface area (Å²) in [4.78, 5) is 33.1. The number of benzene rings is 1. The number of carbonyl (C=O) groups is 2. The van der Waals surface area contributed by atoms with Gasteiger partial charge in [-0.3, -0.25) is 14.9 Å². The molecule has 0 aliphatic rings. The monoisotopic (exact) mass is 300 g/mol. The van der Waals surface area contributed by atoms with Gasteiger partial charge in [0.25, 0.3) is 11.6 Å². The Hall–Kier alpha value is -2.13. The first-order valence-electron chi connectivity index (χ1n) is 5.37. The van der Waals surface area contributed by atoms with E-state index in [0.717, 1.165) is 17.8 Å². The number of aliphatic hydroxyl groups excluding tert-OH is 1. The SMILES string of the molecule is CSc1ccc(C(=O)NC(CO)C(=O)O)cc1[N+](=O)[O-]. The van der Waals surface area contributed by atoms with Crippen LogP contribution in [0.1, 0.15) is 10.4 Å². The minimum atomic E-state index is -1.46. The van der Waals surface area contributed by atoms with Crippen LogP contribution in [-0.4, -0.2) is 45.9 Å². The topological polar surface area (TPSA) is 130 Å². The molecule has 1 unspecified atom stereocenters. The van der Waals surface area contributed by atoms with Crippen LogP contribution < -0.4 is 5.32 Å². The average Bonchev–Trinajstić information content (AvgIpc) is 2.43. The maximum absolute atomic E-state index is 11.8. The second-order valence-corrected chi connectivity index (χ2v) is 4.54. The largest absolute Gasteiger partial charge is 0.480 e. The molecule has 0 heterocycles. The highest BCUT2D eigenvalue weighted by molar-refractivity contribution is 7.98. The summed E-state index contributed by atoms with van der Waals surface area (Å²) in [5.74, 6) is -2.20. The Labute approximate surface area is 117 Å². The van der Waals surface area contributed by atoms with Gasteiger partial charge in [0.2, 0.25) is 0 Å². The molecule has 8 nitrogen and oxygen atoms in total. The summed E-state index contributed by atoms with van der Waals surface area (Å²) >= 11 is 1.16. The Balaban J connectivity index is 3.02. The molecule has 0 fully saturated rings. The van der Waals surface area contributed by atoms with Gasteiger partial charge in [-0.2, -0.15) is 0 Å².